The summed E-state index contributed by atoms with van der Waals surface area (Å²) >= 11 is 0. The number of carbonyl (C=O) groups is 4. The zero-order chi connectivity index (χ0) is 19.4. The Kier molecular flexibility index (Phi) is 4.93. The van der Waals surface area contributed by atoms with E-state index in [1.807, 2.05) is 0 Å². The average Bonchev–Trinajstić information content (AvgIpc) is 3.30. The second-order valence-electron chi connectivity index (χ2n) is 5.78. The van der Waals surface area contributed by atoms with Crippen LogP contribution < -0.4 is 10.7 Å². The zero-order valence-corrected chi connectivity index (χ0v) is 14.4. The number of imide groups is 1. The molecule has 4 amide bonds. The van der Waals surface area contributed by atoms with Gasteiger partial charge >= 0.3 is 12.0 Å². The number of nitrogens with one attached hydrogen (secondary N) is 2. The van der Waals surface area contributed by atoms with Crippen LogP contribution in [0.25, 0.3) is 0 Å². The van der Waals surface area contributed by atoms with Crippen molar-refractivity contribution in [1.29, 1.82) is 0 Å². The Hall–Kier alpha value is -3.62. The second kappa shape index (κ2) is 7.32. The molecular weight excluding hydrogens is 354 g/mol. The lowest BCUT2D eigenvalue weighted by molar-refractivity contribution is -0.140. The molecule has 2 aromatic rings. The third-order valence-corrected chi connectivity index (χ3v) is 4.18. The molecule has 1 aromatic carbocycles. The van der Waals surface area contributed by atoms with E-state index in [4.69, 9.17) is 9.15 Å². The molecule has 1 fully saturated rings. The van der Waals surface area contributed by atoms with Gasteiger partial charge in [0.2, 0.25) is 5.76 Å². The highest BCUT2D eigenvalue weighted by atomic mass is 16.5. The monoisotopic (exact) mass is 371 g/mol. The van der Waals surface area contributed by atoms with Crippen LogP contribution in [0, 0.1) is 0 Å². The Morgan fingerprint density at radius 1 is 1.19 bits per heavy atom. The van der Waals surface area contributed by atoms with Gasteiger partial charge in [0, 0.05) is 0 Å². The van der Waals surface area contributed by atoms with Crippen molar-refractivity contribution in [2.75, 3.05) is 6.61 Å². The Labute approximate surface area is 154 Å². The molecule has 140 valence electrons. The fourth-order valence-electron chi connectivity index (χ4n) is 2.79. The predicted molar refractivity (Wildman–Crippen MR) is 90.9 cm³/mol. The van der Waals surface area contributed by atoms with Gasteiger partial charge in [-0.25, -0.2) is 9.59 Å². The minimum absolute atomic E-state index is 0.0631. The largest absolute Gasteiger partial charge is 0.457 e. The van der Waals surface area contributed by atoms with Gasteiger partial charge in [-0.15, -0.1) is 0 Å². The van der Waals surface area contributed by atoms with Crippen LogP contribution in [-0.2, 0) is 19.9 Å². The lowest BCUT2D eigenvalue weighted by Crippen LogP contribution is -2.49. The Morgan fingerprint density at radius 3 is 2.56 bits per heavy atom. The van der Waals surface area contributed by atoms with Gasteiger partial charge in [-0.1, -0.05) is 37.3 Å². The summed E-state index contributed by atoms with van der Waals surface area (Å²) in [4.78, 5) is 48.7. The molecule has 0 radical (unpaired) electrons. The van der Waals surface area contributed by atoms with Crippen LogP contribution in [0.4, 0.5) is 4.79 Å². The number of urea groups is 1. The van der Waals surface area contributed by atoms with Crippen molar-refractivity contribution < 1.29 is 28.3 Å². The molecule has 1 atom stereocenters. The predicted octanol–water partition coefficient (Wildman–Crippen LogP) is 1.32. The maximum absolute atomic E-state index is 12.8. The van der Waals surface area contributed by atoms with E-state index in [0.717, 1.165) is 0 Å². The van der Waals surface area contributed by atoms with Crippen LogP contribution in [0.1, 0.15) is 29.5 Å². The van der Waals surface area contributed by atoms with Gasteiger partial charge in [-0.3, -0.25) is 15.0 Å². The van der Waals surface area contributed by atoms with Gasteiger partial charge in [0.1, 0.15) is 5.54 Å². The van der Waals surface area contributed by atoms with Crippen molar-refractivity contribution in [2.24, 2.45) is 0 Å². The lowest BCUT2D eigenvalue weighted by atomic mass is 9.87. The number of benzene rings is 1. The first kappa shape index (κ1) is 18.2. The van der Waals surface area contributed by atoms with Crippen LogP contribution in [-0.4, -0.2) is 35.4 Å². The van der Waals surface area contributed by atoms with Gasteiger partial charge in [0.25, 0.3) is 11.8 Å². The van der Waals surface area contributed by atoms with Crippen molar-refractivity contribution in [3.63, 3.8) is 0 Å². The number of hydrazine groups is 1. The molecule has 1 aromatic heterocycles. The van der Waals surface area contributed by atoms with Gasteiger partial charge < -0.3 is 14.5 Å². The summed E-state index contributed by atoms with van der Waals surface area (Å²) < 4.78 is 9.63. The molecule has 2 N–H and O–H groups in total. The first-order valence-electron chi connectivity index (χ1n) is 8.20. The van der Waals surface area contributed by atoms with Gasteiger partial charge in [-0.05, 0) is 24.1 Å². The summed E-state index contributed by atoms with van der Waals surface area (Å²) in [7, 11) is 0. The normalized spacial score (nSPS) is 18.9. The summed E-state index contributed by atoms with van der Waals surface area (Å²) in [6.07, 6.45) is 1.58. The molecule has 3 rings (SSSR count). The number of carbonyl (C=O) groups excluding carboxylic acids is 4. The highest BCUT2D eigenvalue weighted by Crippen LogP contribution is 2.31. The van der Waals surface area contributed by atoms with Crippen molar-refractivity contribution in [3.05, 3.63) is 60.1 Å². The van der Waals surface area contributed by atoms with Gasteiger partial charge in [-0.2, -0.15) is 5.01 Å². The number of rotatable bonds is 6. The molecule has 9 nitrogen and oxygen atoms in total. The van der Waals surface area contributed by atoms with E-state index in [1.54, 1.807) is 37.3 Å². The highest BCUT2D eigenvalue weighted by molar-refractivity contribution is 6.08. The smallest absolute Gasteiger partial charge is 0.374 e. The van der Waals surface area contributed by atoms with E-state index < -0.39 is 36.0 Å². The van der Waals surface area contributed by atoms with Crippen LogP contribution in [0.5, 0.6) is 0 Å². The fourth-order valence-corrected chi connectivity index (χ4v) is 2.79. The minimum atomic E-state index is -1.27. The molecule has 9 heteroatoms. The van der Waals surface area contributed by atoms with E-state index in [0.29, 0.717) is 17.0 Å². The molecule has 0 aliphatic carbocycles. The third kappa shape index (κ3) is 3.39. The Balaban J connectivity index is 1.66. The number of ether oxygens (including phenoxy) is 1. The Morgan fingerprint density at radius 2 is 1.93 bits per heavy atom. The fraction of sp³-hybridized carbons (Fsp3) is 0.222. The molecule has 0 spiro atoms. The average molecular weight is 371 g/mol. The second-order valence-corrected chi connectivity index (χ2v) is 5.78. The molecule has 1 aliphatic rings. The summed E-state index contributed by atoms with van der Waals surface area (Å²) in [5.41, 5.74) is 1.50. The van der Waals surface area contributed by atoms with Crippen LogP contribution in [0.2, 0.25) is 0 Å². The quantitative estimate of drug-likeness (QED) is 0.584. The van der Waals surface area contributed by atoms with E-state index >= 15 is 0 Å². The molecule has 0 bridgehead atoms. The van der Waals surface area contributed by atoms with Crippen LogP contribution >= 0.6 is 0 Å². The number of esters is 1. The number of furan rings is 1. The zero-order valence-electron chi connectivity index (χ0n) is 14.4. The topological polar surface area (TPSA) is 118 Å². The minimum Gasteiger partial charge on any atom is -0.457 e. The summed E-state index contributed by atoms with van der Waals surface area (Å²) in [6.45, 7) is 1.07. The number of hydrogen-bond acceptors (Lipinski definition) is 6. The lowest BCUT2D eigenvalue weighted by Gasteiger charge is -2.25. The number of hydrogen-bond donors (Lipinski definition) is 2. The van der Waals surface area contributed by atoms with Crippen molar-refractivity contribution in [1.82, 2.24) is 15.8 Å². The molecular formula is C18H17N3O6. The summed E-state index contributed by atoms with van der Waals surface area (Å²) in [5.74, 6) is -2.35. The molecule has 1 saturated heterocycles. The molecule has 1 aliphatic heterocycles. The van der Waals surface area contributed by atoms with E-state index in [-0.39, 0.29) is 5.76 Å². The van der Waals surface area contributed by atoms with Crippen LogP contribution in [0.15, 0.2) is 53.1 Å². The Bertz CT molecular complexity index is 864. The van der Waals surface area contributed by atoms with Gasteiger partial charge in [0.05, 0.1) is 6.26 Å². The van der Waals surface area contributed by atoms with Crippen molar-refractivity contribution in [3.8, 4) is 0 Å². The van der Waals surface area contributed by atoms with E-state index in [1.165, 1.54) is 18.4 Å². The number of amides is 4. The molecule has 2 heterocycles. The maximum atomic E-state index is 12.8. The van der Waals surface area contributed by atoms with Gasteiger partial charge in [0.15, 0.2) is 6.61 Å². The number of nitrogens with zero attached hydrogens (tertiary/aromatic N) is 1. The van der Waals surface area contributed by atoms with Crippen molar-refractivity contribution in [2.45, 2.75) is 18.9 Å². The highest BCUT2D eigenvalue weighted by Gasteiger charge is 2.52. The molecule has 0 saturated carbocycles. The van der Waals surface area contributed by atoms with Crippen LogP contribution in [0.3, 0.4) is 0 Å². The first-order chi connectivity index (χ1) is 13.0. The SMILES string of the molecule is CC[C@]1(c2ccccc2)NC(=O)N(NC(=O)COC(=O)c2ccco2)C1=O. The summed E-state index contributed by atoms with van der Waals surface area (Å²) in [5, 5.41) is 3.22. The third-order valence-electron chi connectivity index (χ3n) is 4.18. The molecule has 27 heavy (non-hydrogen) atoms. The standard InChI is InChI=1S/C18H17N3O6/c1-2-18(12-7-4-3-5-8-12)16(24)21(17(25)19-18)20-14(22)11-27-15(23)13-9-6-10-26-13/h3-10H,2,11H2,1H3,(H,19,25)(H,20,22)/t18-/m1/s1. The first-order valence-corrected chi connectivity index (χ1v) is 8.20. The van der Waals surface area contributed by atoms with Crippen molar-refractivity contribution >= 4 is 23.8 Å². The van der Waals surface area contributed by atoms with E-state index in [2.05, 4.69) is 10.7 Å². The summed E-state index contributed by atoms with van der Waals surface area (Å²) in [6, 6.07) is 10.8. The maximum Gasteiger partial charge on any atom is 0.374 e. The van der Waals surface area contributed by atoms with E-state index in [9.17, 15) is 19.2 Å². The molecule has 0 unspecified atom stereocenters.